The van der Waals surface area contributed by atoms with Crippen LogP contribution < -0.4 is 21.0 Å². The Kier molecular flexibility index (Phi) is 15.1. The van der Waals surface area contributed by atoms with Crippen molar-refractivity contribution in [3.8, 4) is 0 Å². The molecule has 3 aromatic rings. The molecule has 4 N–H and O–H groups in total. The van der Waals surface area contributed by atoms with Crippen molar-refractivity contribution in [2.75, 3.05) is 21.0 Å². The molecule has 1 atom stereocenters. The van der Waals surface area contributed by atoms with Gasteiger partial charge < -0.3 is 15.7 Å². The van der Waals surface area contributed by atoms with Crippen LogP contribution >= 0.6 is 46.4 Å². The summed E-state index contributed by atoms with van der Waals surface area (Å²) in [5.41, 5.74) is 2.31. The van der Waals surface area contributed by atoms with Crippen molar-refractivity contribution in [3.05, 3.63) is 79.7 Å². The van der Waals surface area contributed by atoms with Crippen molar-refractivity contribution >= 4 is 92.9 Å². The molecule has 0 aromatic heterocycles. The number of rotatable bonds is 17. The van der Waals surface area contributed by atoms with E-state index in [-0.39, 0.29) is 38.2 Å². The number of hydrogen-bond donors (Lipinski definition) is 4. The van der Waals surface area contributed by atoms with E-state index in [0.29, 0.717) is 28.4 Å². The average molecular weight is 764 g/mol. The first-order chi connectivity index (χ1) is 24.0. The summed E-state index contributed by atoms with van der Waals surface area (Å²) >= 11 is 25.7. The predicted molar refractivity (Wildman–Crippen MR) is 207 cm³/mol. The standard InChI is InChI=1S/C37H43Cl4N5O4/c1-3-4-5-6-7-8-9-10-11-12-13-14-32(47)42-25-16-17-27(39)31(22-25)43-35-33(26-19-23(2)15-18-30(26)44-37(49)50)36(48)46(45-35)34-28(40)20-24(38)21-29(34)41/h15-22,33,44H,3-14H2,1-2H3,(H,42,47)(H,43,45)(H,49,50). The number of carbonyl (C=O) groups is 3. The van der Waals surface area contributed by atoms with Gasteiger partial charge in [0.1, 0.15) is 17.4 Å². The number of benzene rings is 3. The van der Waals surface area contributed by atoms with Crippen LogP contribution in [0.2, 0.25) is 20.1 Å². The topological polar surface area (TPSA) is 123 Å². The van der Waals surface area contributed by atoms with Gasteiger partial charge in [-0.2, -0.15) is 10.1 Å². The van der Waals surface area contributed by atoms with E-state index in [0.717, 1.165) is 29.8 Å². The smallest absolute Gasteiger partial charge is 0.409 e. The third kappa shape index (κ3) is 11.0. The minimum absolute atomic E-state index is 0.0910. The van der Waals surface area contributed by atoms with Crippen LogP contribution in [0.15, 0.2) is 53.6 Å². The molecule has 50 heavy (non-hydrogen) atoms. The number of carbonyl (C=O) groups excluding carboxylic acids is 2. The summed E-state index contributed by atoms with van der Waals surface area (Å²) in [6.45, 7) is 4.05. The number of aryl methyl sites for hydroxylation is 1. The number of unbranched alkanes of at least 4 members (excludes halogenated alkanes) is 10. The van der Waals surface area contributed by atoms with E-state index in [1.54, 1.807) is 36.4 Å². The van der Waals surface area contributed by atoms with Gasteiger partial charge in [-0.25, -0.2) is 4.79 Å². The van der Waals surface area contributed by atoms with E-state index in [4.69, 9.17) is 46.4 Å². The second-order valence-corrected chi connectivity index (χ2v) is 14.1. The number of amidine groups is 1. The summed E-state index contributed by atoms with van der Waals surface area (Å²) in [5.74, 6) is -1.65. The molecule has 0 saturated carbocycles. The quantitative estimate of drug-likeness (QED) is 0.102. The number of nitrogens with zero attached hydrogens (tertiary/aromatic N) is 2. The fourth-order valence-corrected chi connectivity index (χ4v) is 7.03. The third-order valence-electron chi connectivity index (χ3n) is 8.41. The molecule has 3 amide bonds. The van der Waals surface area contributed by atoms with E-state index in [9.17, 15) is 19.5 Å². The van der Waals surface area contributed by atoms with Gasteiger partial charge in [-0.1, -0.05) is 135 Å². The Morgan fingerprint density at radius 2 is 1.40 bits per heavy atom. The molecular weight excluding hydrogens is 720 g/mol. The molecule has 0 fully saturated rings. The number of halogens is 4. The highest BCUT2D eigenvalue weighted by Crippen LogP contribution is 2.42. The lowest BCUT2D eigenvalue weighted by atomic mass is 9.93. The van der Waals surface area contributed by atoms with Crippen LogP contribution in [0.5, 0.6) is 0 Å². The Labute approximate surface area is 313 Å². The molecule has 0 bridgehead atoms. The van der Waals surface area contributed by atoms with E-state index >= 15 is 0 Å². The highest BCUT2D eigenvalue weighted by atomic mass is 35.5. The molecule has 268 valence electrons. The first kappa shape index (κ1) is 39.3. The summed E-state index contributed by atoms with van der Waals surface area (Å²) < 4.78 is 0. The molecule has 1 aliphatic rings. The van der Waals surface area contributed by atoms with E-state index in [1.165, 1.54) is 63.5 Å². The highest BCUT2D eigenvalue weighted by Gasteiger charge is 2.41. The highest BCUT2D eigenvalue weighted by molar-refractivity contribution is 6.43. The maximum atomic E-state index is 14.1. The van der Waals surface area contributed by atoms with Gasteiger partial charge in [0.05, 0.1) is 20.8 Å². The van der Waals surface area contributed by atoms with Crippen molar-refractivity contribution in [1.82, 2.24) is 0 Å². The fraction of sp³-hybridized carbons (Fsp3) is 0.405. The Balaban J connectivity index is 1.49. The summed E-state index contributed by atoms with van der Waals surface area (Å²) in [6, 6.07) is 12.9. The maximum absolute atomic E-state index is 14.1. The van der Waals surface area contributed by atoms with Crippen LogP contribution in [0.4, 0.5) is 27.5 Å². The van der Waals surface area contributed by atoms with Crippen LogP contribution in [-0.2, 0) is 9.59 Å². The fourth-order valence-electron chi connectivity index (χ4n) is 5.89. The first-order valence-electron chi connectivity index (χ1n) is 17.0. The molecule has 1 unspecified atom stereocenters. The van der Waals surface area contributed by atoms with Crippen LogP contribution in [0, 0.1) is 6.92 Å². The number of nitrogens with one attached hydrogen (secondary N) is 3. The summed E-state index contributed by atoms with van der Waals surface area (Å²) in [4.78, 5) is 38.6. The summed E-state index contributed by atoms with van der Waals surface area (Å²) in [7, 11) is 0. The minimum atomic E-state index is -1.30. The van der Waals surface area contributed by atoms with Crippen molar-refractivity contribution in [1.29, 1.82) is 0 Å². The third-order valence-corrected chi connectivity index (χ3v) is 9.53. The van der Waals surface area contributed by atoms with E-state index < -0.39 is 17.9 Å². The van der Waals surface area contributed by atoms with Crippen LogP contribution in [0.3, 0.4) is 0 Å². The molecule has 0 aliphatic carbocycles. The largest absolute Gasteiger partial charge is 0.465 e. The average Bonchev–Trinajstić information content (AvgIpc) is 3.36. The molecule has 3 aromatic carbocycles. The molecule has 4 rings (SSSR count). The van der Waals surface area contributed by atoms with Crippen molar-refractivity contribution in [2.45, 2.75) is 96.8 Å². The van der Waals surface area contributed by atoms with E-state index in [2.05, 4.69) is 28.0 Å². The van der Waals surface area contributed by atoms with Crippen molar-refractivity contribution in [3.63, 3.8) is 0 Å². The maximum Gasteiger partial charge on any atom is 0.409 e. The minimum Gasteiger partial charge on any atom is -0.465 e. The lowest BCUT2D eigenvalue weighted by molar-refractivity contribution is -0.118. The molecular formula is C37H43Cl4N5O4. The number of anilines is 4. The predicted octanol–water partition coefficient (Wildman–Crippen LogP) is 11.9. The zero-order chi connectivity index (χ0) is 36.2. The van der Waals surface area contributed by atoms with Gasteiger partial charge in [0.2, 0.25) is 5.91 Å². The lowest BCUT2D eigenvalue weighted by Crippen LogP contribution is -2.29. The second-order valence-electron chi connectivity index (χ2n) is 12.5. The number of carboxylic acid groups (broad SMARTS) is 1. The Morgan fingerprint density at radius 1 is 0.780 bits per heavy atom. The van der Waals surface area contributed by atoms with Crippen LogP contribution in [0.25, 0.3) is 0 Å². The summed E-state index contributed by atoms with van der Waals surface area (Å²) in [5, 5.41) is 24.4. The molecule has 0 spiro atoms. The molecule has 9 nitrogen and oxygen atoms in total. The molecule has 1 heterocycles. The van der Waals surface area contributed by atoms with Crippen LogP contribution in [-0.4, -0.2) is 28.8 Å². The van der Waals surface area contributed by atoms with E-state index in [1.807, 2.05) is 6.92 Å². The SMILES string of the molecule is CCCCCCCCCCCCCC(=O)Nc1ccc(Cl)c(NC2=NN(c3c(Cl)cc(Cl)cc3Cl)C(=O)C2c2cc(C)ccc2NC(=O)O)c1. The number of amides is 3. The molecule has 1 aliphatic heterocycles. The zero-order valence-corrected chi connectivity index (χ0v) is 31.3. The van der Waals surface area contributed by atoms with Gasteiger partial charge in [-0.15, -0.1) is 0 Å². The number of hydrazone groups is 1. The van der Waals surface area contributed by atoms with Gasteiger partial charge in [0.15, 0.2) is 0 Å². The Bertz CT molecular complexity index is 1690. The van der Waals surface area contributed by atoms with Gasteiger partial charge in [0, 0.05) is 22.8 Å². The molecule has 0 radical (unpaired) electrons. The normalized spacial score (nSPS) is 14.1. The summed E-state index contributed by atoms with van der Waals surface area (Å²) in [6.07, 6.45) is 12.3. The molecule has 0 saturated heterocycles. The zero-order valence-electron chi connectivity index (χ0n) is 28.3. The van der Waals surface area contributed by atoms with Crippen LogP contribution in [0.1, 0.15) is 101 Å². The second kappa shape index (κ2) is 19.2. The first-order valence-corrected chi connectivity index (χ1v) is 18.5. The molecule has 13 heteroatoms. The van der Waals surface area contributed by atoms with Gasteiger partial charge in [0.25, 0.3) is 5.91 Å². The van der Waals surface area contributed by atoms with Gasteiger partial charge in [-0.3, -0.25) is 14.9 Å². The Hall–Kier alpha value is -3.50. The Morgan fingerprint density at radius 3 is 2.02 bits per heavy atom. The van der Waals surface area contributed by atoms with Crippen molar-refractivity contribution in [2.24, 2.45) is 5.10 Å². The number of hydrogen-bond acceptors (Lipinski definition) is 5. The van der Waals surface area contributed by atoms with Crippen molar-refractivity contribution < 1.29 is 19.5 Å². The van der Waals surface area contributed by atoms with Gasteiger partial charge >= 0.3 is 6.09 Å². The van der Waals surface area contributed by atoms with Gasteiger partial charge in [-0.05, 0) is 55.3 Å². The monoisotopic (exact) mass is 761 g/mol. The lowest BCUT2D eigenvalue weighted by Gasteiger charge is -2.20.